The second-order valence-electron chi connectivity index (χ2n) is 13.4. The summed E-state index contributed by atoms with van der Waals surface area (Å²) in [4.78, 5) is 19.4. The quantitative estimate of drug-likeness (QED) is 0.147. The summed E-state index contributed by atoms with van der Waals surface area (Å²) in [6.07, 6.45) is 16.5. The molecule has 5 aliphatic rings. The van der Waals surface area contributed by atoms with Crippen LogP contribution in [0.15, 0.2) is 29.0 Å². The molecule has 0 bridgehead atoms. The topological polar surface area (TPSA) is 45.1 Å². The molecule has 37 heavy (non-hydrogen) atoms. The van der Waals surface area contributed by atoms with Crippen molar-refractivity contribution < 1.29 is 9.63 Å². The standard InChI is InChI=1S/C23H33NO2.C8H17BN2/c1-15-9-11-22(3)17(13-15)5-6-18-20-8-7-19(16(2)24-26-14-25)23(20,4)12-10-21(18)22;1-10(2)7-8-5-3-4-6-11(8)9/h13-14,18-21H,1,5-12H2,2-4H3;8H,3-7H2,1-2H3/b24-16+;. The highest BCUT2D eigenvalue weighted by Gasteiger charge is 2.59. The number of rotatable bonds is 5. The normalized spacial score (nSPS) is 40.1. The third-order valence-electron chi connectivity index (χ3n) is 11.1. The van der Waals surface area contributed by atoms with Crippen molar-refractivity contribution in [3.63, 3.8) is 0 Å². The molecule has 5 rings (SSSR count). The van der Waals surface area contributed by atoms with Gasteiger partial charge < -0.3 is 14.5 Å². The summed E-state index contributed by atoms with van der Waals surface area (Å²) in [5.41, 5.74) is 4.74. The van der Waals surface area contributed by atoms with Gasteiger partial charge in [0.2, 0.25) is 0 Å². The summed E-state index contributed by atoms with van der Waals surface area (Å²) < 4.78 is 0. The van der Waals surface area contributed by atoms with Crippen molar-refractivity contribution >= 4 is 20.2 Å². The molecule has 0 aromatic heterocycles. The lowest BCUT2D eigenvalue weighted by Gasteiger charge is -2.58. The van der Waals surface area contributed by atoms with Crippen molar-refractivity contribution in [2.24, 2.45) is 39.7 Å². The maximum atomic E-state index is 10.5. The summed E-state index contributed by atoms with van der Waals surface area (Å²) in [7, 11) is 10.0. The van der Waals surface area contributed by atoms with Crippen molar-refractivity contribution in [2.45, 2.75) is 97.4 Å². The van der Waals surface area contributed by atoms with Crippen LogP contribution >= 0.6 is 0 Å². The van der Waals surface area contributed by atoms with Gasteiger partial charge >= 0.3 is 6.47 Å². The zero-order valence-electron chi connectivity index (χ0n) is 24.2. The molecule has 0 spiro atoms. The van der Waals surface area contributed by atoms with Gasteiger partial charge in [0.15, 0.2) is 7.98 Å². The van der Waals surface area contributed by atoms with Crippen LogP contribution in [0.2, 0.25) is 0 Å². The van der Waals surface area contributed by atoms with Crippen LogP contribution in [0.5, 0.6) is 0 Å². The summed E-state index contributed by atoms with van der Waals surface area (Å²) in [6, 6.07) is 0.582. The first-order valence-electron chi connectivity index (χ1n) is 14.8. The highest BCUT2D eigenvalue weighted by molar-refractivity contribution is 6.04. The fraction of sp³-hybridized carbons (Fsp3) is 0.806. The van der Waals surface area contributed by atoms with Crippen LogP contribution in [-0.4, -0.2) is 63.1 Å². The Balaban J connectivity index is 0.000000245. The number of piperidine rings is 1. The van der Waals surface area contributed by atoms with Crippen LogP contribution < -0.4 is 0 Å². The predicted octanol–water partition coefficient (Wildman–Crippen LogP) is 6.16. The number of hydrogen-bond acceptors (Lipinski definition) is 5. The Kier molecular flexibility index (Phi) is 9.11. The highest BCUT2D eigenvalue weighted by atomic mass is 16.7. The number of carbonyl (C=O) groups excluding carboxylic acids is 1. The third kappa shape index (κ3) is 5.81. The second kappa shape index (κ2) is 11.8. The molecule has 5 nitrogen and oxygen atoms in total. The van der Waals surface area contributed by atoms with E-state index in [0.29, 0.717) is 29.3 Å². The van der Waals surface area contributed by atoms with Crippen LogP contribution in [0.4, 0.5) is 0 Å². The van der Waals surface area contributed by atoms with E-state index in [9.17, 15) is 4.79 Å². The number of hydrogen-bond donors (Lipinski definition) is 0. The van der Waals surface area contributed by atoms with E-state index in [0.717, 1.165) is 36.6 Å². The third-order valence-corrected chi connectivity index (χ3v) is 11.1. The molecule has 0 aromatic rings. The van der Waals surface area contributed by atoms with Crippen LogP contribution in [0.25, 0.3) is 0 Å². The van der Waals surface area contributed by atoms with E-state index in [2.05, 4.69) is 50.7 Å². The van der Waals surface area contributed by atoms with Gasteiger partial charge in [0, 0.05) is 18.5 Å². The average molecular weight is 508 g/mol. The van der Waals surface area contributed by atoms with Crippen molar-refractivity contribution in [3.8, 4) is 0 Å². The van der Waals surface area contributed by atoms with Gasteiger partial charge in [-0.05, 0) is 120 Å². The molecule has 1 aliphatic heterocycles. The number of likely N-dealkylation sites (N-methyl/N-ethyl adjacent to an activating group) is 1. The van der Waals surface area contributed by atoms with Gasteiger partial charge in [-0.15, -0.1) is 0 Å². The molecule has 204 valence electrons. The van der Waals surface area contributed by atoms with E-state index >= 15 is 0 Å². The largest absolute Gasteiger partial charge is 0.350 e. The molecule has 6 heteroatoms. The van der Waals surface area contributed by atoms with Gasteiger partial charge in [0.25, 0.3) is 0 Å². The Hall–Kier alpha value is -1.40. The van der Waals surface area contributed by atoms with Gasteiger partial charge in [-0.1, -0.05) is 49.2 Å². The molecular weight excluding hydrogens is 457 g/mol. The van der Waals surface area contributed by atoms with E-state index in [1.165, 1.54) is 76.2 Å². The monoisotopic (exact) mass is 507 g/mol. The van der Waals surface area contributed by atoms with Crippen molar-refractivity contribution in [1.82, 2.24) is 9.71 Å². The minimum atomic E-state index is 0.316. The maximum Gasteiger partial charge on any atom is 0.323 e. The first-order chi connectivity index (χ1) is 17.6. The molecule has 2 radical (unpaired) electrons. The van der Waals surface area contributed by atoms with Gasteiger partial charge in [-0.3, -0.25) is 4.79 Å². The summed E-state index contributed by atoms with van der Waals surface area (Å²) >= 11 is 0. The molecule has 0 N–H and O–H groups in total. The summed E-state index contributed by atoms with van der Waals surface area (Å²) in [6.45, 7) is 13.9. The first-order valence-corrected chi connectivity index (χ1v) is 14.8. The van der Waals surface area contributed by atoms with E-state index in [1.54, 1.807) is 5.57 Å². The summed E-state index contributed by atoms with van der Waals surface area (Å²) in [5.74, 6) is 2.92. The van der Waals surface area contributed by atoms with Gasteiger partial charge in [0.05, 0.1) is 5.71 Å². The predicted molar refractivity (Wildman–Crippen MR) is 153 cm³/mol. The maximum absolute atomic E-state index is 10.5. The molecule has 7 unspecified atom stereocenters. The highest BCUT2D eigenvalue weighted by Crippen LogP contribution is 2.67. The Morgan fingerprint density at radius 1 is 1.16 bits per heavy atom. The average Bonchev–Trinajstić information content (AvgIpc) is 3.22. The molecular formula is C31H50BN3O2. The zero-order chi connectivity index (χ0) is 26.8. The number of carbonyl (C=O) groups is 1. The Bertz CT molecular complexity index is 901. The minimum Gasteiger partial charge on any atom is -0.350 e. The lowest BCUT2D eigenvalue weighted by Crippen LogP contribution is -2.50. The van der Waals surface area contributed by atoms with Crippen molar-refractivity contribution in [3.05, 3.63) is 23.8 Å². The molecule has 0 amide bonds. The zero-order valence-corrected chi connectivity index (χ0v) is 24.2. The fourth-order valence-electron chi connectivity index (χ4n) is 9.14. The molecule has 4 aliphatic carbocycles. The number of oxime groups is 1. The lowest BCUT2D eigenvalue weighted by atomic mass is 9.46. The SMILES string of the molecule is C=C1C=C2CCC3C(CCC4(C)C(/C(C)=N/OC=O)CCC34)C2(C)CC1.[B]N1CCCCC1CN(C)C. The van der Waals surface area contributed by atoms with Crippen LogP contribution in [0.3, 0.4) is 0 Å². The number of fused-ring (bicyclic) bond motifs is 5. The van der Waals surface area contributed by atoms with Crippen molar-refractivity contribution in [2.75, 3.05) is 27.2 Å². The Morgan fingerprint density at radius 3 is 2.65 bits per heavy atom. The van der Waals surface area contributed by atoms with Crippen LogP contribution in [-0.2, 0) is 9.63 Å². The first kappa shape index (κ1) is 28.6. The van der Waals surface area contributed by atoms with E-state index < -0.39 is 0 Å². The van der Waals surface area contributed by atoms with E-state index in [1.807, 2.05) is 11.7 Å². The number of nitrogens with zero attached hydrogens (tertiary/aromatic N) is 3. The molecule has 1 saturated heterocycles. The number of allylic oxidation sites excluding steroid dienone is 3. The fourth-order valence-corrected chi connectivity index (χ4v) is 9.14. The molecule has 4 fully saturated rings. The van der Waals surface area contributed by atoms with E-state index in [-0.39, 0.29) is 0 Å². The van der Waals surface area contributed by atoms with Crippen LogP contribution in [0, 0.1) is 34.5 Å². The molecule has 0 aromatic carbocycles. The van der Waals surface area contributed by atoms with Gasteiger partial charge in [0.1, 0.15) is 0 Å². The van der Waals surface area contributed by atoms with Gasteiger partial charge in [-0.2, -0.15) is 0 Å². The summed E-state index contributed by atoms with van der Waals surface area (Å²) in [5, 5.41) is 4.08. The lowest BCUT2D eigenvalue weighted by molar-refractivity contribution is -0.128. The second-order valence-corrected chi connectivity index (χ2v) is 13.4. The smallest absolute Gasteiger partial charge is 0.323 e. The Labute approximate surface area is 227 Å². The van der Waals surface area contributed by atoms with Crippen molar-refractivity contribution in [1.29, 1.82) is 0 Å². The molecule has 7 atom stereocenters. The van der Waals surface area contributed by atoms with Crippen LogP contribution in [0.1, 0.15) is 91.4 Å². The molecule has 3 saturated carbocycles. The van der Waals surface area contributed by atoms with E-state index in [4.69, 9.17) is 12.8 Å². The van der Waals surface area contributed by atoms with Gasteiger partial charge in [-0.25, -0.2) is 0 Å². The minimum absolute atomic E-state index is 0.316. The molecule has 1 heterocycles. The Morgan fingerprint density at radius 2 is 1.95 bits per heavy atom.